The first kappa shape index (κ1) is 11.2. The van der Waals surface area contributed by atoms with E-state index in [1.54, 1.807) is 24.3 Å². The highest BCUT2D eigenvalue weighted by molar-refractivity contribution is 5.94. The molecule has 0 amide bonds. The quantitative estimate of drug-likeness (QED) is 0.707. The summed E-state index contributed by atoms with van der Waals surface area (Å²) in [6.07, 6.45) is 0. The largest absolute Gasteiger partial charge is 0.543 e. The molecule has 0 aliphatic carbocycles. The highest BCUT2D eigenvalue weighted by atomic mass is 16.5. The fourth-order valence-electron chi connectivity index (χ4n) is 1.74. The van der Waals surface area contributed by atoms with Crippen molar-refractivity contribution in [3.63, 3.8) is 0 Å². The number of carboxylic acids is 1. The Morgan fingerprint density at radius 1 is 1.35 bits per heavy atom. The predicted molar refractivity (Wildman–Crippen MR) is 58.3 cm³/mol. The normalized spacial score (nSPS) is 10.4. The van der Waals surface area contributed by atoms with Gasteiger partial charge in [-0.2, -0.15) is 0 Å². The molecule has 2 rings (SSSR count). The van der Waals surface area contributed by atoms with E-state index in [1.807, 2.05) is 0 Å². The van der Waals surface area contributed by atoms with Crippen LogP contribution in [0.4, 0.5) is 0 Å². The van der Waals surface area contributed by atoms with Crippen LogP contribution in [0.5, 0.6) is 0 Å². The van der Waals surface area contributed by atoms with E-state index in [0.29, 0.717) is 5.52 Å². The average Bonchev–Trinajstić information content (AvgIpc) is 2.68. The second kappa shape index (κ2) is 4.29. The number of fused-ring (bicyclic) bond motifs is 1. The van der Waals surface area contributed by atoms with Gasteiger partial charge in [-0.05, 0) is 12.1 Å². The number of methoxy groups -OCH3 is 1. The molecule has 0 bridgehead atoms. The summed E-state index contributed by atoms with van der Waals surface area (Å²) < 4.78 is 5.91. The van der Waals surface area contributed by atoms with Gasteiger partial charge in [-0.25, -0.2) is 0 Å². The van der Waals surface area contributed by atoms with E-state index in [2.05, 4.69) is 4.74 Å². The lowest BCUT2D eigenvalue weighted by molar-refractivity contribution is -0.255. The molecule has 0 fully saturated rings. The van der Waals surface area contributed by atoms with Gasteiger partial charge in [0, 0.05) is 10.9 Å². The Kier molecular flexibility index (Phi) is 2.82. The number of para-hydroxylation sites is 1. The maximum absolute atomic E-state index is 11.2. The third kappa shape index (κ3) is 1.99. The number of hydrogen-bond acceptors (Lipinski definition) is 4. The number of carbonyl (C=O) groups is 2. The van der Waals surface area contributed by atoms with Crippen LogP contribution < -0.4 is 5.11 Å². The molecule has 1 aromatic carbocycles. The number of carboxylic acid groups (broad SMARTS) is 1. The van der Waals surface area contributed by atoms with Crippen molar-refractivity contribution in [3.05, 3.63) is 36.0 Å². The van der Waals surface area contributed by atoms with Crippen LogP contribution in [0.3, 0.4) is 0 Å². The van der Waals surface area contributed by atoms with Crippen molar-refractivity contribution in [2.24, 2.45) is 0 Å². The van der Waals surface area contributed by atoms with Crippen molar-refractivity contribution in [2.45, 2.75) is 6.54 Å². The molecule has 5 heteroatoms. The van der Waals surface area contributed by atoms with Crippen molar-refractivity contribution in [1.82, 2.24) is 4.57 Å². The Bertz CT molecular complexity index is 585. The smallest absolute Gasteiger partial charge is 0.325 e. The number of rotatable bonds is 3. The van der Waals surface area contributed by atoms with Crippen LogP contribution in [0, 0.1) is 0 Å². The molecule has 0 atom stereocenters. The molecule has 0 N–H and O–H groups in total. The highest BCUT2D eigenvalue weighted by Crippen LogP contribution is 2.19. The lowest BCUT2D eigenvalue weighted by Crippen LogP contribution is -2.27. The molecule has 5 nitrogen and oxygen atoms in total. The monoisotopic (exact) mass is 232 g/mol. The standard InChI is InChI=1S/C12H11NO4/c1-17-11(14)7-13-9-5-3-2-4-8(9)6-10(13)12(15)16/h2-6H,7H2,1H3,(H,15,16)/p-1. The summed E-state index contributed by atoms with van der Waals surface area (Å²) in [5.41, 5.74) is 0.633. The molecule has 0 aliphatic rings. The van der Waals surface area contributed by atoms with E-state index >= 15 is 0 Å². The number of nitrogens with zero attached hydrogens (tertiary/aromatic N) is 1. The summed E-state index contributed by atoms with van der Waals surface area (Å²) in [6.45, 7) is -0.146. The second-order valence-corrected chi connectivity index (χ2v) is 3.54. The molecule has 0 spiro atoms. The Balaban J connectivity index is 2.59. The SMILES string of the molecule is COC(=O)Cn1c(C(=O)[O-])cc2ccccc21. The summed E-state index contributed by atoms with van der Waals surface area (Å²) in [6, 6.07) is 8.56. The molecule has 88 valence electrons. The van der Waals surface area contributed by atoms with Crippen LogP contribution >= 0.6 is 0 Å². The van der Waals surface area contributed by atoms with E-state index < -0.39 is 11.9 Å². The minimum absolute atomic E-state index is 0.0309. The third-order valence-corrected chi connectivity index (χ3v) is 2.53. The van der Waals surface area contributed by atoms with Gasteiger partial charge < -0.3 is 19.2 Å². The Morgan fingerprint density at radius 3 is 2.71 bits per heavy atom. The van der Waals surface area contributed by atoms with Crippen LogP contribution in [-0.2, 0) is 16.1 Å². The first-order valence-electron chi connectivity index (χ1n) is 5.00. The van der Waals surface area contributed by atoms with E-state index in [-0.39, 0.29) is 12.2 Å². The van der Waals surface area contributed by atoms with E-state index in [0.717, 1.165) is 5.39 Å². The summed E-state index contributed by atoms with van der Waals surface area (Å²) in [7, 11) is 1.26. The number of carbonyl (C=O) groups excluding carboxylic acids is 2. The topological polar surface area (TPSA) is 71.4 Å². The molecule has 17 heavy (non-hydrogen) atoms. The van der Waals surface area contributed by atoms with Gasteiger partial charge in [-0.1, -0.05) is 18.2 Å². The molecule has 0 radical (unpaired) electrons. The molecular weight excluding hydrogens is 222 g/mol. The van der Waals surface area contributed by atoms with Crippen LogP contribution in [0.2, 0.25) is 0 Å². The maximum Gasteiger partial charge on any atom is 0.325 e. The zero-order chi connectivity index (χ0) is 12.4. The Labute approximate surface area is 97.2 Å². The Hall–Kier alpha value is -2.30. The van der Waals surface area contributed by atoms with Crippen molar-refractivity contribution in [3.8, 4) is 0 Å². The fraction of sp³-hybridized carbons (Fsp3) is 0.167. The molecule has 0 aliphatic heterocycles. The summed E-state index contributed by atoms with van der Waals surface area (Å²) >= 11 is 0. The third-order valence-electron chi connectivity index (χ3n) is 2.53. The Morgan fingerprint density at radius 2 is 2.06 bits per heavy atom. The number of hydrogen-bond donors (Lipinski definition) is 0. The maximum atomic E-state index is 11.2. The number of benzene rings is 1. The van der Waals surface area contributed by atoms with Crippen molar-refractivity contribution in [1.29, 1.82) is 0 Å². The van der Waals surface area contributed by atoms with Gasteiger partial charge >= 0.3 is 5.97 Å². The molecule has 0 saturated heterocycles. The molecular formula is C12H10NO4-. The first-order chi connectivity index (χ1) is 8.13. The number of ether oxygens (including phenoxy) is 1. The predicted octanol–water partition coefficient (Wildman–Crippen LogP) is 0.178. The number of aromatic carboxylic acids is 1. The average molecular weight is 232 g/mol. The molecule has 0 saturated carbocycles. The summed E-state index contributed by atoms with van der Waals surface area (Å²) in [4.78, 5) is 22.2. The van der Waals surface area contributed by atoms with Crippen molar-refractivity contribution < 1.29 is 19.4 Å². The number of aromatic nitrogens is 1. The van der Waals surface area contributed by atoms with Gasteiger partial charge in [-0.3, -0.25) is 4.79 Å². The fourth-order valence-corrected chi connectivity index (χ4v) is 1.74. The zero-order valence-electron chi connectivity index (χ0n) is 9.17. The summed E-state index contributed by atoms with van der Waals surface area (Å²) in [5, 5.41) is 11.7. The molecule has 1 aromatic heterocycles. The van der Waals surface area contributed by atoms with E-state index in [4.69, 9.17) is 0 Å². The van der Waals surface area contributed by atoms with Gasteiger partial charge in [-0.15, -0.1) is 0 Å². The van der Waals surface area contributed by atoms with Crippen molar-refractivity contribution in [2.75, 3.05) is 7.11 Å². The molecule has 0 unspecified atom stereocenters. The highest BCUT2D eigenvalue weighted by Gasteiger charge is 2.12. The van der Waals surface area contributed by atoms with Crippen LogP contribution in [0.15, 0.2) is 30.3 Å². The van der Waals surface area contributed by atoms with E-state index in [1.165, 1.54) is 17.7 Å². The second-order valence-electron chi connectivity index (χ2n) is 3.54. The van der Waals surface area contributed by atoms with Gasteiger partial charge in [0.05, 0.1) is 18.8 Å². The van der Waals surface area contributed by atoms with Crippen LogP contribution in [0.1, 0.15) is 10.5 Å². The van der Waals surface area contributed by atoms with Crippen LogP contribution in [0.25, 0.3) is 10.9 Å². The first-order valence-corrected chi connectivity index (χ1v) is 5.00. The molecule has 2 aromatic rings. The van der Waals surface area contributed by atoms with Gasteiger partial charge in [0.25, 0.3) is 0 Å². The lowest BCUT2D eigenvalue weighted by atomic mass is 10.2. The van der Waals surface area contributed by atoms with Gasteiger partial charge in [0.1, 0.15) is 6.54 Å². The minimum atomic E-state index is -1.31. The van der Waals surface area contributed by atoms with E-state index in [9.17, 15) is 14.7 Å². The van der Waals surface area contributed by atoms with Gasteiger partial charge in [0.2, 0.25) is 0 Å². The summed E-state index contributed by atoms with van der Waals surface area (Å²) in [5.74, 6) is -1.82. The number of esters is 1. The van der Waals surface area contributed by atoms with Crippen LogP contribution in [-0.4, -0.2) is 23.6 Å². The molecule has 1 heterocycles. The minimum Gasteiger partial charge on any atom is -0.543 e. The van der Waals surface area contributed by atoms with Gasteiger partial charge in [0.15, 0.2) is 0 Å². The van der Waals surface area contributed by atoms with Crippen molar-refractivity contribution >= 4 is 22.8 Å². The zero-order valence-corrected chi connectivity index (χ0v) is 9.17. The lowest BCUT2D eigenvalue weighted by Gasteiger charge is -2.09.